The molecule has 0 unspecified atom stereocenters. The first-order chi connectivity index (χ1) is 15.7. The summed E-state index contributed by atoms with van der Waals surface area (Å²) in [6.07, 6.45) is 5.65. The van der Waals surface area contributed by atoms with Gasteiger partial charge < -0.3 is 5.11 Å². The fourth-order valence-electron chi connectivity index (χ4n) is 6.14. The summed E-state index contributed by atoms with van der Waals surface area (Å²) in [6, 6.07) is 5.90. The predicted molar refractivity (Wildman–Crippen MR) is 125 cm³/mol. The van der Waals surface area contributed by atoms with Gasteiger partial charge in [-0.1, -0.05) is 51.7 Å². The third-order valence-electron chi connectivity index (χ3n) is 8.14. The minimum Gasteiger partial charge on any atom is -0.481 e. The van der Waals surface area contributed by atoms with Gasteiger partial charge in [-0.15, -0.1) is 0 Å². The van der Waals surface area contributed by atoms with Crippen LogP contribution in [0.3, 0.4) is 0 Å². The number of nitrogens with zero attached hydrogens (tertiary/aromatic N) is 1. The van der Waals surface area contributed by atoms with E-state index in [4.69, 9.17) is 0 Å². The van der Waals surface area contributed by atoms with Crippen molar-refractivity contribution in [3.8, 4) is 0 Å². The van der Waals surface area contributed by atoms with Crippen LogP contribution in [0, 0.1) is 17.8 Å². The Balaban J connectivity index is 1.88. The molecule has 0 aromatic heterocycles. The molecule has 2 fully saturated rings. The molecule has 186 valence electrons. The highest BCUT2D eigenvalue weighted by Gasteiger charge is 2.38. The van der Waals surface area contributed by atoms with Crippen LogP contribution in [-0.4, -0.2) is 35.1 Å². The fraction of sp³-hybridized carbons (Fsp3) is 0.741. The van der Waals surface area contributed by atoms with Crippen LogP contribution in [0.25, 0.3) is 0 Å². The molecular formula is C27H40F3NO2. The van der Waals surface area contributed by atoms with Crippen LogP contribution >= 0.6 is 0 Å². The van der Waals surface area contributed by atoms with Crippen molar-refractivity contribution in [2.75, 3.05) is 13.1 Å². The van der Waals surface area contributed by atoms with E-state index in [0.717, 1.165) is 50.8 Å². The third kappa shape index (κ3) is 7.21. The van der Waals surface area contributed by atoms with Crippen LogP contribution in [-0.2, 0) is 11.0 Å². The van der Waals surface area contributed by atoms with Crippen molar-refractivity contribution < 1.29 is 23.1 Å². The molecule has 1 N–H and O–H groups in total. The van der Waals surface area contributed by atoms with Gasteiger partial charge in [-0.05, 0) is 73.5 Å². The molecule has 0 heterocycles. The maximum atomic E-state index is 13.1. The highest BCUT2D eigenvalue weighted by atomic mass is 19.4. The number of benzene rings is 1. The number of carboxylic acids is 1. The van der Waals surface area contributed by atoms with Crippen molar-refractivity contribution in [1.82, 2.24) is 4.90 Å². The van der Waals surface area contributed by atoms with Crippen LogP contribution in [0.5, 0.6) is 0 Å². The van der Waals surface area contributed by atoms with Crippen molar-refractivity contribution in [3.63, 3.8) is 0 Å². The minimum atomic E-state index is -4.35. The molecule has 2 aliphatic carbocycles. The van der Waals surface area contributed by atoms with Gasteiger partial charge in [0, 0.05) is 25.6 Å². The summed E-state index contributed by atoms with van der Waals surface area (Å²) >= 11 is 0. The van der Waals surface area contributed by atoms with Gasteiger partial charge in [-0.2, -0.15) is 13.2 Å². The van der Waals surface area contributed by atoms with Gasteiger partial charge in [0.2, 0.25) is 0 Å². The van der Waals surface area contributed by atoms with Crippen molar-refractivity contribution >= 4 is 5.97 Å². The van der Waals surface area contributed by atoms with E-state index >= 15 is 0 Å². The van der Waals surface area contributed by atoms with Crippen molar-refractivity contribution in [2.45, 2.75) is 96.2 Å². The smallest absolute Gasteiger partial charge is 0.416 e. The predicted octanol–water partition coefficient (Wildman–Crippen LogP) is 7.36. The van der Waals surface area contributed by atoms with Crippen molar-refractivity contribution in [1.29, 1.82) is 0 Å². The fourth-order valence-corrected chi connectivity index (χ4v) is 6.14. The largest absolute Gasteiger partial charge is 0.481 e. The summed E-state index contributed by atoms with van der Waals surface area (Å²) in [5.74, 6) is 0.666. The number of rotatable bonds is 10. The van der Waals surface area contributed by atoms with Crippen LogP contribution < -0.4 is 0 Å². The molecule has 3 nitrogen and oxygen atoms in total. The van der Waals surface area contributed by atoms with E-state index in [9.17, 15) is 23.1 Å². The van der Waals surface area contributed by atoms with Crippen LogP contribution in [0.15, 0.2) is 24.3 Å². The Kier molecular flexibility index (Phi) is 9.25. The number of halogens is 3. The molecule has 2 aliphatic rings. The Labute approximate surface area is 196 Å². The number of alkyl halides is 3. The quantitative estimate of drug-likeness (QED) is 0.391. The standard InChI is InChI=1S/C27H40F3NO2/c1-3-19(4-2)17-31(18-20-7-5-6-8-20)25-14-9-21(16-26(32)33)15-24(25)22-10-12-23(13-11-22)27(28,29)30/h10-13,19-21,24-25H,3-9,14-18H2,1-2H3,(H,32,33)/t21-,24+,25-/m1/s1. The lowest BCUT2D eigenvalue weighted by Gasteiger charge is -2.45. The zero-order valence-corrected chi connectivity index (χ0v) is 20.1. The number of aliphatic carboxylic acids is 1. The average Bonchev–Trinajstić information content (AvgIpc) is 3.29. The second-order valence-electron chi connectivity index (χ2n) is 10.4. The monoisotopic (exact) mass is 467 g/mol. The first kappa shape index (κ1) is 26.1. The van der Waals surface area contributed by atoms with Gasteiger partial charge in [-0.25, -0.2) is 0 Å². The molecule has 0 amide bonds. The highest BCUT2D eigenvalue weighted by molar-refractivity contribution is 5.67. The third-order valence-corrected chi connectivity index (χ3v) is 8.14. The Bertz CT molecular complexity index is 735. The topological polar surface area (TPSA) is 40.5 Å². The zero-order chi connectivity index (χ0) is 24.0. The number of hydrogen-bond acceptors (Lipinski definition) is 2. The van der Waals surface area contributed by atoms with Gasteiger partial charge in [0.25, 0.3) is 0 Å². The van der Waals surface area contributed by atoms with E-state index < -0.39 is 17.7 Å². The Hall–Kier alpha value is -1.56. The van der Waals surface area contributed by atoms with E-state index in [0.29, 0.717) is 11.8 Å². The minimum absolute atomic E-state index is 0.0705. The summed E-state index contributed by atoms with van der Waals surface area (Å²) in [6.45, 7) is 6.55. The molecule has 0 aliphatic heterocycles. The molecule has 33 heavy (non-hydrogen) atoms. The van der Waals surface area contributed by atoms with Crippen molar-refractivity contribution in [3.05, 3.63) is 35.4 Å². The Morgan fingerprint density at radius 1 is 1.03 bits per heavy atom. The lowest BCUT2D eigenvalue weighted by Crippen LogP contribution is -2.47. The molecule has 6 heteroatoms. The van der Waals surface area contributed by atoms with Gasteiger partial charge in [0.15, 0.2) is 0 Å². The van der Waals surface area contributed by atoms with Gasteiger partial charge >= 0.3 is 12.1 Å². The Morgan fingerprint density at radius 3 is 2.21 bits per heavy atom. The van der Waals surface area contributed by atoms with E-state index in [1.165, 1.54) is 37.8 Å². The zero-order valence-electron chi connectivity index (χ0n) is 20.1. The maximum absolute atomic E-state index is 13.1. The molecule has 2 saturated carbocycles. The second kappa shape index (κ2) is 11.7. The molecule has 0 radical (unpaired) electrons. The summed E-state index contributed by atoms with van der Waals surface area (Å²) < 4.78 is 39.4. The lowest BCUT2D eigenvalue weighted by molar-refractivity contribution is -0.139. The molecule has 0 spiro atoms. The van der Waals surface area contributed by atoms with Crippen LogP contribution in [0.2, 0.25) is 0 Å². The van der Waals surface area contributed by atoms with Crippen LogP contribution in [0.4, 0.5) is 13.2 Å². The van der Waals surface area contributed by atoms with Gasteiger partial charge in [0.1, 0.15) is 0 Å². The summed E-state index contributed by atoms with van der Waals surface area (Å²) in [4.78, 5) is 14.0. The maximum Gasteiger partial charge on any atom is 0.416 e. The first-order valence-corrected chi connectivity index (χ1v) is 12.8. The Morgan fingerprint density at radius 2 is 1.67 bits per heavy atom. The lowest BCUT2D eigenvalue weighted by atomic mass is 9.72. The molecule has 0 saturated heterocycles. The SMILES string of the molecule is CCC(CC)CN(CC1CCCC1)[C@@H]1CC[C@@H](CC(=O)O)C[C@H]1c1ccc(C(F)(F)F)cc1. The normalized spacial score (nSPS) is 24.6. The molecule has 3 atom stereocenters. The number of carbonyl (C=O) groups is 1. The molecule has 3 rings (SSSR count). The van der Waals surface area contributed by atoms with Gasteiger partial charge in [0.05, 0.1) is 5.56 Å². The summed E-state index contributed by atoms with van der Waals surface area (Å²) in [5.41, 5.74) is 0.296. The number of carboxylic acid groups (broad SMARTS) is 1. The first-order valence-electron chi connectivity index (χ1n) is 12.8. The van der Waals surface area contributed by atoms with Gasteiger partial charge in [-0.3, -0.25) is 9.69 Å². The molecular weight excluding hydrogens is 427 g/mol. The van der Waals surface area contributed by atoms with E-state index in [-0.39, 0.29) is 24.3 Å². The van der Waals surface area contributed by atoms with E-state index in [1.807, 2.05) is 0 Å². The second-order valence-corrected chi connectivity index (χ2v) is 10.4. The van der Waals surface area contributed by atoms with E-state index in [2.05, 4.69) is 18.7 Å². The van der Waals surface area contributed by atoms with E-state index in [1.54, 1.807) is 12.1 Å². The summed E-state index contributed by atoms with van der Waals surface area (Å²) in [7, 11) is 0. The molecule has 1 aromatic rings. The highest BCUT2D eigenvalue weighted by Crippen LogP contribution is 2.42. The van der Waals surface area contributed by atoms with Crippen molar-refractivity contribution in [2.24, 2.45) is 17.8 Å². The molecule has 1 aromatic carbocycles. The molecule has 0 bridgehead atoms. The van der Waals surface area contributed by atoms with Crippen LogP contribution in [0.1, 0.15) is 95.1 Å². The number of hydrogen-bond donors (Lipinski definition) is 1. The summed E-state index contributed by atoms with van der Waals surface area (Å²) in [5, 5.41) is 9.36. The average molecular weight is 468 g/mol.